The molecule has 130 valence electrons. The fraction of sp³-hybridized carbons (Fsp3) is 0.381. The normalized spacial score (nSPS) is 21.1. The summed E-state index contributed by atoms with van der Waals surface area (Å²) in [7, 11) is 0. The highest BCUT2D eigenvalue weighted by atomic mass is 16.1. The molecule has 4 nitrogen and oxygen atoms in total. The lowest BCUT2D eigenvalue weighted by atomic mass is 9.80. The number of benzene rings is 2. The number of hydrogen-bond acceptors (Lipinski definition) is 3. The summed E-state index contributed by atoms with van der Waals surface area (Å²) in [5.74, 6) is 0.0368. The van der Waals surface area contributed by atoms with Gasteiger partial charge < -0.3 is 16.4 Å². The van der Waals surface area contributed by atoms with Gasteiger partial charge in [-0.2, -0.15) is 0 Å². The molecule has 0 bridgehead atoms. The van der Waals surface area contributed by atoms with Crippen molar-refractivity contribution in [1.29, 1.82) is 0 Å². The van der Waals surface area contributed by atoms with Gasteiger partial charge in [-0.15, -0.1) is 0 Å². The Kier molecular flexibility index (Phi) is 4.32. The van der Waals surface area contributed by atoms with E-state index < -0.39 is 0 Å². The first-order valence-electron chi connectivity index (χ1n) is 9.09. The van der Waals surface area contributed by atoms with E-state index in [4.69, 9.17) is 5.73 Å². The second kappa shape index (κ2) is 6.62. The van der Waals surface area contributed by atoms with Crippen LogP contribution in [0.15, 0.2) is 48.5 Å². The topological polar surface area (TPSA) is 67.2 Å². The van der Waals surface area contributed by atoms with Crippen LogP contribution in [0.5, 0.6) is 0 Å². The van der Waals surface area contributed by atoms with Crippen molar-refractivity contribution >= 4 is 5.91 Å². The van der Waals surface area contributed by atoms with Gasteiger partial charge >= 0.3 is 0 Å². The fourth-order valence-electron chi connectivity index (χ4n) is 4.07. The van der Waals surface area contributed by atoms with E-state index in [1.54, 1.807) is 0 Å². The van der Waals surface area contributed by atoms with Crippen LogP contribution in [-0.2, 0) is 6.54 Å². The fourth-order valence-corrected chi connectivity index (χ4v) is 4.07. The van der Waals surface area contributed by atoms with Crippen molar-refractivity contribution in [3.8, 4) is 11.1 Å². The lowest BCUT2D eigenvalue weighted by Crippen LogP contribution is -2.52. The number of amides is 1. The van der Waals surface area contributed by atoms with E-state index in [-0.39, 0.29) is 5.91 Å². The molecule has 0 aromatic heterocycles. The number of carbonyl (C=O) groups excluding carboxylic acids is 1. The number of nitrogens with one attached hydrogen (secondary N) is 2. The highest BCUT2D eigenvalue weighted by molar-refractivity contribution is 5.95. The third-order valence-corrected chi connectivity index (χ3v) is 5.69. The van der Waals surface area contributed by atoms with Crippen molar-refractivity contribution in [2.75, 3.05) is 13.1 Å². The third kappa shape index (κ3) is 3.32. The van der Waals surface area contributed by atoms with Crippen molar-refractivity contribution in [2.24, 2.45) is 11.1 Å². The summed E-state index contributed by atoms with van der Waals surface area (Å²) in [4.78, 5) is 12.7. The summed E-state index contributed by atoms with van der Waals surface area (Å²) in [5, 5.41) is 6.59. The zero-order chi connectivity index (χ0) is 17.3. The molecule has 1 spiro atoms. The van der Waals surface area contributed by atoms with Gasteiger partial charge in [0.1, 0.15) is 0 Å². The Labute approximate surface area is 148 Å². The summed E-state index contributed by atoms with van der Waals surface area (Å²) in [6.07, 6.45) is 3.41. The number of nitrogens with two attached hydrogens (primary N) is 1. The Balaban J connectivity index is 1.46. The second-order valence-corrected chi connectivity index (χ2v) is 7.50. The third-order valence-electron chi connectivity index (χ3n) is 5.69. The molecule has 2 aliphatic rings. The summed E-state index contributed by atoms with van der Waals surface area (Å²) in [5.41, 5.74) is 10.1. The van der Waals surface area contributed by atoms with E-state index in [0.29, 0.717) is 18.0 Å². The van der Waals surface area contributed by atoms with Gasteiger partial charge in [0, 0.05) is 31.2 Å². The number of carbonyl (C=O) groups is 1. The molecule has 1 heterocycles. The molecule has 2 fully saturated rings. The van der Waals surface area contributed by atoms with Crippen LogP contribution in [0, 0.1) is 5.41 Å². The van der Waals surface area contributed by atoms with E-state index in [9.17, 15) is 4.79 Å². The van der Waals surface area contributed by atoms with Crippen LogP contribution < -0.4 is 16.4 Å². The van der Waals surface area contributed by atoms with Crippen LogP contribution >= 0.6 is 0 Å². The average Bonchev–Trinajstić information content (AvgIpc) is 3.06. The molecule has 1 unspecified atom stereocenters. The van der Waals surface area contributed by atoms with Crippen molar-refractivity contribution in [3.05, 3.63) is 59.7 Å². The van der Waals surface area contributed by atoms with Crippen molar-refractivity contribution in [3.63, 3.8) is 0 Å². The minimum Gasteiger partial charge on any atom is -0.349 e. The Morgan fingerprint density at radius 3 is 2.60 bits per heavy atom. The first kappa shape index (κ1) is 16.3. The molecule has 2 aromatic carbocycles. The SMILES string of the molecule is NCc1ccc(-c2cccc(C(=O)NC3CCC4(CNC4)C3)c2)cc1. The molecule has 0 radical (unpaired) electrons. The van der Waals surface area contributed by atoms with E-state index in [0.717, 1.165) is 48.2 Å². The quantitative estimate of drug-likeness (QED) is 0.805. The summed E-state index contributed by atoms with van der Waals surface area (Å²) in [6.45, 7) is 2.75. The smallest absolute Gasteiger partial charge is 0.251 e. The van der Waals surface area contributed by atoms with Crippen molar-refractivity contribution < 1.29 is 4.79 Å². The molecule has 2 aromatic rings. The lowest BCUT2D eigenvalue weighted by Gasteiger charge is -2.39. The lowest BCUT2D eigenvalue weighted by molar-refractivity contribution is 0.0930. The molecule has 4 heteroatoms. The maximum Gasteiger partial charge on any atom is 0.251 e. The van der Waals surface area contributed by atoms with Crippen LogP contribution in [-0.4, -0.2) is 25.0 Å². The number of rotatable bonds is 4. The van der Waals surface area contributed by atoms with E-state index in [2.05, 4.69) is 22.8 Å². The second-order valence-electron chi connectivity index (χ2n) is 7.50. The van der Waals surface area contributed by atoms with Gasteiger partial charge in [0.05, 0.1) is 0 Å². The van der Waals surface area contributed by atoms with Gasteiger partial charge in [0.2, 0.25) is 0 Å². The molecular formula is C21H25N3O. The van der Waals surface area contributed by atoms with Gasteiger partial charge in [0.15, 0.2) is 0 Å². The summed E-state index contributed by atoms with van der Waals surface area (Å²) >= 11 is 0. The minimum absolute atomic E-state index is 0.0368. The van der Waals surface area contributed by atoms with Crippen LogP contribution in [0.2, 0.25) is 0 Å². The Bertz CT molecular complexity index is 765. The van der Waals surface area contributed by atoms with Crippen molar-refractivity contribution in [2.45, 2.75) is 31.8 Å². The van der Waals surface area contributed by atoms with Gasteiger partial charge in [-0.25, -0.2) is 0 Å². The molecule has 1 amide bonds. The zero-order valence-electron chi connectivity index (χ0n) is 14.4. The van der Waals surface area contributed by atoms with Gasteiger partial charge in [0.25, 0.3) is 5.91 Å². The summed E-state index contributed by atoms with van der Waals surface area (Å²) in [6, 6.07) is 16.4. The largest absolute Gasteiger partial charge is 0.349 e. The molecule has 4 N–H and O–H groups in total. The van der Waals surface area contributed by atoms with Crippen molar-refractivity contribution in [1.82, 2.24) is 10.6 Å². The van der Waals surface area contributed by atoms with Crippen LogP contribution in [0.3, 0.4) is 0 Å². The maximum atomic E-state index is 12.7. The first-order valence-corrected chi connectivity index (χ1v) is 9.09. The average molecular weight is 335 g/mol. The molecular weight excluding hydrogens is 310 g/mol. The predicted molar refractivity (Wildman–Crippen MR) is 100 cm³/mol. The van der Waals surface area contributed by atoms with E-state index in [1.165, 1.54) is 6.42 Å². The van der Waals surface area contributed by atoms with Gasteiger partial charge in [-0.1, -0.05) is 36.4 Å². The highest BCUT2D eigenvalue weighted by Crippen LogP contribution is 2.41. The maximum absolute atomic E-state index is 12.7. The monoisotopic (exact) mass is 335 g/mol. The van der Waals surface area contributed by atoms with Gasteiger partial charge in [-0.05, 0) is 53.5 Å². The molecule has 1 aliphatic heterocycles. The molecule has 1 atom stereocenters. The molecule has 1 saturated carbocycles. The standard InChI is InChI=1S/C21H25N3O/c22-12-15-4-6-16(7-5-15)17-2-1-3-18(10-17)20(25)24-19-8-9-21(11-19)13-23-14-21/h1-7,10,19,23H,8-9,11-14,22H2,(H,24,25). The Morgan fingerprint density at radius 1 is 1.16 bits per heavy atom. The Morgan fingerprint density at radius 2 is 1.96 bits per heavy atom. The van der Waals surface area contributed by atoms with Crippen LogP contribution in [0.25, 0.3) is 11.1 Å². The molecule has 1 saturated heterocycles. The van der Waals surface area contributed by atoms with E-state index >= 15 is 0 Å². The van der Waals surface area contributed by atoms with Crippen LogP contribution in [0.4, 0.5) is 0 Å². The summed E-state index contributed by atoms with van der Waals surface area (Å²) < 4.78 is 0. The number of hydrogen-bond donors (Lipinski definition) is 3. The van der Waals surface area contributed by atoms with E-state index in [1.807, 2.05) is 36.4 Å². The zero-order valence-corrected chi connectivity index (χ0v) is 14.4. The molecule has 4 rings (SSSR count). The molecule has 1 aliphatic carbocycles. The first-order chi connectivity index (χ1) is 12.2. The Hall–Kier alpha value is -2.17. The highest BCUT2D eigenvalue weighted by Gasteiger charge is 2.43. The predicted octanol–water partition coefficient (Wildman–Crippen LogP) is 2.68. The molecule has 25 heavy (non-hydrogen) atoms. The van der Waals surface area contributed by atoms with Crippen LogP contribution in [0.1, 0.15) is 35.2 Å². The minimum atomic E-state index is 0.0368. The van der Waals surface area contributed by atoms with Gasteiger partial charge in [-0.3, -0.25) is 4.79 Å².